The topological polar surface area (TPSA) is 90.7 Å². The molecule has 0 unspecified atom stereocenters. The maximum absolute atomic E-state index is 6.35. The number of fused-ring (bicyclic) bond motifs is 1. The normalized spacial score (nSPS) is 14.5. The summed E-state index contributed by atoms with van der Waals surface area (Å²) in [4.78, 5) is 16.5. The molecule has 0 saturated heterocycles. The van der Waals surface area contributed by atoms with Gasteiger partial charge in [0.1, 0.15) is 15.5 Å². The molecular formula is C16H13N5OS2. The quantitative estimate of drug-likeness (QED) is 0.591. The maximum atomic E-state index is 6.35. The number of thiophene rings is 2. The van der Waals surface area contributed by atoms with E-state index in [4.69, 9.17) is 15.2 Å². The molecule has 0 radical (unpaired) electrons. The van der Waals surface area contributed by atoms with Crippen LogP contribution in [-0.4, -0.2) is 20.1 Å². The van der Waals surface area contributed by atoms with E-state index < -0.39 is 0 Å². The van der Waals surface area contributed by atoms with Gasteiger partial charge in [0.05, 0.1) is 21.6 Å². The molecule has 1 aliphatic rings. The molecule has 1 aliphatic carbocycles. The summed E-state index contributed by atoms with van der Waals surface area (Å²) >= 11 is 3.07. The van der Waals surface area contributed by atoms with Crippen LogP contribution in [0.1, 0.15) is 30.3 Å². The second-order valence-electron chi connectivity index (χ2n) is 5.87. The molecule has 0 spiro atoms. The summed E-state index contributed by atoms with van der Waals surface area (Å²) in [5.41, 5.74) is 7.88. The highest BCUT2D eigenvalue weighted by molar-refractivity contribution is 7.22. The molecule has 2 N–H and O–H groups in total. The molecule has 0 bridgehead atoms. The molecular weight excluding hydrogens is 342 g/mol. The van der Waals surface area contributed by atoms with Crippen molar-refractivity contribution in [1.82, 2.24) is 20.1 Å². The fraction of sp³-hybridized carbons (Fsp3) is 0.250. The van der Waals surface area contributed by atoms with Crippen molar-refractivity contribution in [2.24, 2.45) is 0 Å². The van der Waals surface area contributed by atoms with Crippen molar-refractivity contribution in [3.63, 3.8) is 0 Å². The molecule has 8 heteroatoms. The van der Waals surface area contributed by atoms with Crippen LogP contribution >= 0.6 is 22.7 Å². The largest absolute Gasteiger partial charge is 0.397 e. The molecule has 0 atom stereocenters. The molecule has 4 heterocycles. The molecule has 24 heavy (non-hydrogen) atoms. The molecule has 4 aromatic heterocycles. The molecule has 120 valence electrons. The number of nitrogens with zero attached hydrogens (tertiary/aromatic N) is 4. The third kappa shape index (κ3) is 2.14. The van der Waals surface area contributed by atoms with Crippen LogP contribution in [0.15, 0.2) is 22.0 Å². The minimum absolute atomic E-state index is 0.436. The zero-order valence-electron chi connectivity index (χ0n) is 12.8. The van der Waals surface area contributed by atoms with Crippen LogP contribution in [0.5, 0.6) is 0 Å². The van der Waals surface area contributed by atoms with Crippen molar-refractivity contribution in [3.05, 3.63) is 29.0 Å². The van der Waals surface area contributed by atoms with E-state index >= 15 is 0 Å². The first-order valence-corrected chi connectivity index (χ1v) is 9.35. The smallest absolute Gasteiger partial charge is 0.270 e. The zero-order valence-corrected chi connectivity index (χ0v) is 14.4. The van der Waals surface area contributed by atoms with E-state index in [2.05, 4.69) is 15.1 Å². The lowest BCUT2D eigenvalue weighted by Crippen LogP contribution is -1.96. The van der Waals surface area contributed by atoms with Gasteiger partial charge in [0.25, 0.3) is 5.89 Å². The summed E-state index contributed by atoms with van der Waals surface area (Å²) in [5, 5.41) is 6.95. The highest BCUT2D eigenvalue weighted by atomic mass is 32.1. The van der Waals surface area contributed by atoms with Crippen LogP contribution in [0.25, 0.3) is 31.7 Å². The summed E-state index contributed by atoms with van der Waals surface area (Å²) in [5.74, 6) is 2.45. The molecule has 5 rings (SSSR count). The van der Waals surface area contributed by atoms with Gasteiger partial charge in [-0.15, -0.1) is 22.7 Å². The van der Waals surface area contributed by atoms with E-state index in [9.17, 15) is 0 Å². The van der Waals surface area contributed by atoms with E-state index in [0.29, 0.717) is 23.3 Å². The summed E-state index contributed by atoms with van der Waals surface area (Å²) in [6.45, 7) is 1.98. The van der Waals surface area contributed by atoms with Gasteiger partial charge in [0, 0.05) is 5.92 Å². The number of hydrogen-bond donors (Lipinski definition) is 1. The van der Waals surface area contributed by atoms with E-state index in [1.54, 1.807) is 11.3 Å². The SMILES string of the molecule is Cc1nc(C2CC2)nc2sc(-c3nc(-c4cccs4)no3)c(N)c12. The number of hydrogen-bond acceptors (Lipinski definition) is 8. The number of aryl methyl sites for hydroxylation is 1. The Labute approximate surface area is 145 Å². The van der Waals surface area contributed by atoms with Gasteiger partial charge >= 0.3 is 0 Å². The third-order valence-corrected chi connectivity index (χ3v) is 6.04. The highest BCUT2D eigenvalue weighted by Gasteiger charge is 2.29. The monoisotopic (exact) mass is 355 g/mol. The lowest BCUT2D eigenvalue weighted by atomic mass is 10.2. The van der Waals surface area contributed by atoms with Crippen LogP contribution in [0.2, 0.25) is 0 Å². The van der Waals surface area contributed by atoms with Crippen molar-refractivity contribution in [2.75, 3.05) is 5.73 Å². The average molecular weight is 355 g/mol. The van der Waals surface area contributed by atoms with Gasteiger partial charge in [0.2, 0.25) is 5.82 Å². The Hall–Kier alpha value is -2.32. The molecule has 1 saturated carbocycles. The van der Waals surface area contributed by atoms with E-state index in [1.807, 2.05) is 24.4 Å². The van der Waals surface area contributed by atoms with Gasteiger partial charge < -0.3 is 10.3 Å². The first-order valence-electron chi connectivity index (χ1n) is 7.65. The number of nitrogen functional groups attached to an aromatic ring is 1. The molecule has 1 fully saturated rings. The van der Waals surface area contributed by atoms with Gasteiger partial charge in [0.15, 0.2) is 0 Å². The van der Waals surface area contributed by atoms with Gasteiger partial charge in [-0.25, -0.2) is 9.97 Å². The predicted octanol–water partition coefficient (Wildman–Crippen LogP) is 4.24. The number of anilines is 1. The van der Waals surface area contributed by atoms with Crippen LogP contribution in [0.4, 0.5) is 5.69 Å². The number of aromatic nitrogens is 4. The van der Waals surface area contributed by atoms with Crippen molar-refractivity contribution < 1.29 is 4.52 Å². The molecule has 4 aromatic rings. The van der Waals surface area contributed by atoms with Gasteiger partial charge in [-0.05, 0) is 31.2 Å². The second kappa shape index (κ2) is 5.09. The van der Waals surface area contributed by atoms with Crippen LogP contribution in [0.3, 0.4) is 0 Å². The standard InChI is InChI=1S/C16H13N5OS2/c1-7-10-11(17)12(24-16(10)20-13(18-7)8-4-5-8)15-19-14(21-22-15)9-3-2-6-23-9/h2-3,6,8H,4-5,17H2,1H3. The Morgan fingerprint density at radius 3 is 2.88 bits per heavy atom. The van der Waals surface area contributed by atoms with Crippen LogP contribution < -0.4 is 5.73 Å². The van der Waals surface area contributed by atoms with Gasteiger partial charge in [-0.2, -0.15) is 4.98 Å². The summed E-state index contributed by atoms with van der Waals surface area (Å²) in [6, 6.07) is 3.92. The Morgan fingerprint density at radius 2 is 2.12 bits per heavy atom. The summed E-state index contributed by atoms with van der Waals surface area (Å²) < 4.78 is 5.44. The first-order chi connectivity index (χ1) is 11.7. The summed E-state index contributed by atoms with van der Waals surface area (Å²) in [7, 11) is 0. The highest BCUT2D eigenvalue weighted by Crippen LogP contribution is 2.44. The molecule has 0 aromatic carbocycles. The number of rotatable bonds is 3. The maximum Gasteiger partial charge on any atom is 0.270 e. The van der Waals surface area contributed by atoms with Crippen molar-refractivity contribution in [3.8, 4) is 21.5 Å². The van der Waals surface area contributed by atoms with Crippen molar-refractivity contribution in [1.29, 1.82) is 0 Å². The van der Waals surface area contributed by atoms with Gasteiger partial charge in [-0.1, -0.05) is 11.2 Å². The van der Waals surface area contributed by atoms with E-state index in [0.717, 1.165) is 31.5 Å². The minimum atomic E-state index is 0.436. The summed E-state index contributed by atoms with van der Waals surface area (Å²) in [6.07, 6.45) is 2.35. The lowest BCUT2D eigenvalue weighted by molar-refractivity contribution is 0.433. The molecule has 6 nitrogen and oxygen atoms in total. The van der Waals surface area contributed by atoms with Crippen LogP contribution in [0, 0.1) is 6.92 Å². The van der Waals surface area contributed by atoms with Gasteiger partial charge in [-0.3, -0.25) is 0 Å². The minimum Gasteiger partial charge on any atom is -0.397 e. The average Bonchev–Trinajstić information content (AvgIpc) is 2.99. The lowest BCUT2D eigenvalue weighted by Gasteiger charge is -2.01. The van der Waals surface area contributed by atoms with Crippen molar-refractivity contribution in [2.45, 2.75) is 25.7 Å². The fourth-order valence-electron chi connectivity index (χ4n) is 2.72. The fourth-order valence-corrected chi connectivity index (χ4v) is 4.44. The Balaban J connectivity index is 1.64. The Bertz CT molecular complexity index is 1050. The third-order valence-electron chi connectivity index (χ3n) is 4.09. The molecule has 0 aliphatic heterocycles. The first kappa shape index (κ1) is 14.1. The zero-order chi connectivity index (χ0) is 16.3. The Morgan fingerprint density at radius 1 is 1.25 bits per heavy atom. The second-order valence-corrected chi connectivity index (χ2v) is 7.81. The predicted molar refractivity (Wildman–Crippen MR) is 95.1 cm³/mol. The molecule has 0 amide bonds. The Kier molecular flexibility index (Phi) is 2.98. The van der Waals surface area contributed by atoms with Crippen LogP contribution in [-0.2, 0) is 0 Å². The van der Waals surface area contributed by atoms with E-state index in [1.165, 1.54) is 24.2 Å². The van der Waals surface area contributed by atoms with Crippen molar-refractivity contribution >= 4 is 38.6 Å². The number of nitrogens with two attached hydrogens (primary N) is 1. The van der Waals surface area contributed by atoms with E-state index in [-0.39, 0.29) is 0 Å².